The fraction of sp³-hybridized carbons (Fsp3) is 1.00. The van der Waals surface area contributed by atoms with Crippen molar-refractivity contribution in [3.05, 3.63) is 0 Å². The molecule has 0 radical (unpaired) electrons. The summed E-state index contributed by atoms with van der Waals surface area (Å²) < 4.78 is 11.2. The minimum Gasteiger partial charge on any atom is -0.383 e. The van der Waals surface area contributed by atoms with Gasteiger partial charge in [0.25, 0.3) is 0 Å². The van der Waals surface area contributed by atoms with Gasteiger partial charge in [-0.1, -0.05) is 12.8 Å². The summed E-state index contributed by atoms with van der Waals surface area (Å²) in [5.41, 5.74) is 6.24. The van der Waals surface area contributed by atoms with Crippen molar-refractivity contribution in [2.45, 2.75) is 56.2 Å². The van der Waals surface area contributed by atoms with Gasteiger partial charge in [-0.25, -0.2) is 0 Å². The van der Waals surface area contributed by atoms with Gasteiger partial charge in [0.15, 0.2) is 0 Å². The molecule has 18 heavy (non-hydrogen) atoms. The number of nitrogens with zero attached hydrogens (tertiary/aromatic N) is 1. The summed E-state index contributed by atoms with van der Waals surface area (Å²) in [5.74, 6) is 0. The van der Waals surface area contributed by atoms with Gasteiger partial charge >= 0.3 is 0 Å². The van der Waals surface area contributed by atoms with Crippen LogP contribution in [0.1, 0.15) is 38.5 Å². The molecule has 4 heteroatoms. The molecule has 106 valence electrons. The minimum atomic E-state index is 0.113. The predicted molar refractivity (Wildman–Crippen MR) is 72.7 cm³/mol. The minimum absolute atomic E-state index is 0.113. The molecular formula is C14H28N2O2. The SMILES string of the molecule is COCC(N)CN(C)C1CCOC2(CCCC2)C1. The Hall–Kier alpha value is -0.160. The van der Waals surface area contributed by atoms with Gasteiger partial charge in [0.2, 0.25) is 0 Å². The molecule has 1 heterocycles. The van der Waals surface area contributed by atoms with Gasteiger partial charge < -0.3 is 20.1 Å². The number of hydrogen-bond acceptors (Lipinski definition) is 4. The van der Waals surface area contributed by atoms with Crippen molar-refractivity contribution in [2.75, 3.05) is 33.9 Å². The van der Waals surface area contributed by atoms with E-state index in [0.29, 0.717) is 12.6 Å². The smallest absolute Gasteiger partial charge is 0.0697 e. The van der Waals surface area contributed by atoms with E-state index in [9.17, 15) is 0 Å². The second-order valence-electron chi connectivity index (χ2n) is 6.04. The summed E-state index contributed by atoms with van der Waals surface area (Å²) in [4.78, 5) is 2.41. The molecule has 2 N–H and O–H groups in total. The average Bonchev–Trinajstić information content (AvgIpc) is 2.77. The maximum atomic E-state index is 6.08. The first-order valence-electron chi connectivity index (χ1n) is 7.24. The third kappa shape index (κ3) is 3.44. The number of hydrogen-bond donors (Lipinski definition) is 1. The first kappa shape index (κ1) is 14.3. The van der Waals surface area contributed by atoms with E-state index in [4.69, 9.17) is 15.2 Å². The maximum Gasteiger partial charge on any atom is 0.0697 e. The highest BCUT2D eigenvalue weighted by Gasteiger charge is 2.40. The zero-order valence-corrected chi connectivity index (χ0v) is 11.9. The lowest BCUT2D eigenvalue weighted by Crippen LogP contribution is -2.49. The van der Waals surface area contributed by atoms with Crippen LogP contribution in [-0.4, -0.2) is 56.5 Å². The van der Waals surface area contributed by atoms with Crippen molar-refractivity contribution in [2.24, 2.45) is 5.73 Å². The Kier molecular flexibility index (Phi) is 5.01. The Morgan fingerprint density at radius 1 is 1.44 bits per heavy atom. The van der Waals surface area contributed by atoms with Gasteiger partial charge in [0.05, 0.1) is 12.2 Å². The molecule has 2 aliphatic rings. The molecule has 0 aromatic carbocycles. The van der Waals surface area contributed by atoms with Crippen LogP contribution in [0.5, 0.6) is 0 Å². The quantitative estimate of drug-likeness (QED) is 0.807. The molecule has 0 bridgehead atoms. The van der Waals surface area contributed by atoms with Crippen molar-refractivity contribution in [1.29, 1.82) is 0 Å². The summed E-state index contributed by atoms with van der Waals surface area (Å²) in [5, 5.41) is 0. The molecule has 2 atom stereocenters. The number of ether oxygens (including phenoxy) is 2. The van der Waals surface area contributed by atoms with Crippen LogP contribution in [0.2, 0.25) is 0 Å². The molecule has 1 aliphatic heterocycles. The second-order valence-corrected chi connectivity index (χ2v) is 6.04. The lowest BCUT2D eigenvalue weighted by atomic mass is 9.88. The van der Waals surface area contributed by atoms with E-state index in [1.54, 1.807) is 7.11 Å². The third-order valence-corrected chi connectivity index (χ3v) is 4.51. The lowest BCUT2D eigenvalue weighted by molar-refractivity contribution is -0.0995. The van der Waals surface area contributed by atoms with Crippen LogP contribution in [0.25, 0.3) is 0 Å². The second kappa shape index (κ2) is 6.33. The van der Waals surface area contributed by atoms with Crippen molar-refractivity contribution >= 4 is 0 Å². The van der Waals surface area contributed by atoms with Crippen LogP contribution in [-0.2, 0) is 9.47 Å². The van der Waals surface area contributed by atoms with Crippen LogP contribution in [0.3, 0.4) is 0 Å². The van der Waals surface area contributed by atoms with Gasteiger partial charge in [-0.15, -0.1) is 0 Å². The van der Waals surface area contributed by atoms with E-state index >= 15 is 0 Å². The summed E-state index contributed by atoms with van der Waals surface area (Å²) in [6.07, 6.45) is 7.49. The molecular weight excluding hydrogens is 228 g/mol. The molecule has 1 spiro atoms. The van der Waals surface area contributed by atoms with Crippen LogP contribution < -0.4 is 5.73 Å². The number of likely N-dealkylation sites (N-methyl/N-ethyl adjacent to an activating group) is 1. The molecule has 2 fully saturated rings. The van der Waals surface area contributed by atoms with E-state index in [-0.39, 0.29) is 11.6 Å². The highest BCUT2D eigenvalue weighted by Crippen LogP contribution is 2.40. The normalized spacial score (nSPS) is 29.0. The average molecular weight is 256 g/mol. The molecule has 1 saturated heterocycles. The Labute approximate surface area is 111 Å². The molecule has 4 nitrogen and oxygen atoms in total. The molecule has 1 aliphatic carbocycles. The maximum absolute atomic E-state index is 6.08. The molecule has 0 aromatic rings. The lowest BCUT2D eigenvalue weighted by Gasteiger charge is -2.42. The van der Waals surface area contributed by atoms with Crippen molar-refractivity contribution in [1.82, 2.24) is 4.90 Å². The Morgan fingerprint density at radius 2 is 2.17 bits per heavy atom. The van der Waals surface area contributed by atoms with E-state index in [1.807, 2.05) is 0 Å². The summed E-state index contributed by atoms with van der Waals surface area (Å²) in [6, 6.07) is 0.738. The number of rotatable bonds is 5. The monoisotopic (exact) mass is 256 g/mol. The van der Waals surface area contributed by atoms with Gasteiger partial charge in [-0.3, -0.25) is 0 Å². The van der Waals surface area contributed by atoms with Gasteiger partial charge in [-0.2, -0.15) is 0 Å². The molecule has 2 unspecified atom stereocenters. The number of methoxy groups -OCH3 is 1. The molecule has 0 amide bonds. The summed E-state index contributed by atoms with van der Waals surface area (Å²) in [6.45, 7) is 2.46. The largest absolute Gasteiger partial charge is 0.383 e. The highest BCUT2D eigenvalue weighted by atomic mass is 16.5. The Morgan fingerprint density at radius 3 is 2.83 bits per heavy atom. The van der Waals surface area contributed by atoms with E-state index < -0.39 is 0 Å². The third-order valence-electron chi connectivity index (χ3n) is 4.51. The fourth-order valence-electron chi connectivity index (χ4n) is 3.53. The zero-order chi connectivity index (χ0) is 13.0. The van der Waals surface area contributed by atoms with Crippen molar-refractivity contribution in [3.8, 4) is 0 Å². The summed E-state index contributed by atoms with van der Waals surface area (Å²) >= 11 is 0. The van der Waals surface area contributed by atoms with E-state index in [2.05, 4.69) is 11.9 Å². The first-order valence-corrected chi connectivity index (χ1v) is 7.24. The van der Waals surface area contributed by atoms with Crippen molar-refractivity contribution in [3.63, 3.8) is 0 Å². The standard InChI is InChI=1S/C14H28N2O2/c1-16(10-12(15)11-17-2)13-5-8-18-14(9-13)6-3-4-7-14/h12-13H,3-11,15H2,1-2H3. The van der Waals surface area contributed by atoms with Gasteiger partial charge in [-0.05, 0) is 32.7 Å². The van der Waals surface area contributed by atoms with Gasteiger partial charge in [0.1, 0.15) is 0 Å². The van der Waals surface area contributed by atoms with Crippen LogP contribution >= 0.6 is 0 Å². The fourth-order valence-corrected chi connectivity index (χ4v) is 3.53. The zero-order valence-electron chi connectivity index (χ0n) is 11.9. The molecule has 0 aromatic heterocycles. The Bertz CT molecular complexity index is 254. The van der Waals surface area contributed by atoms with Crippen LogP contribution in [0, 0.1) is 0 Å². The van der Waals surface area contributed by atoms with Crippen LogP contribution in [0.4, 0.5) is 0 Å². The molecule has 2 rings (SSSR count). The molecule has 1 saturated carbocycles. The van der Waals surface area contributed by atoms with E-state index in [0.717, 1.165) is 19.6 Å². The topological polar surface area (TPSA) is 47.7 Å². The van der Waals surface area contributed by atoms with Crippen LogP contribution in [0.15, 0.2) is 0 Å². The van der Waals surface area contributed by atoms with Crippen molar-refractivity contribution < 1.29 is 9.47 Å². The predicted octanol–water partition coefficient (Wildman–Crippen LogP) is 1.38. The Balaban J connectivity index is 1.84. The van der Waals surface area contributed by atoms with Gasteiger partial charge in [0, 0.05) is 32.3 Å². The number of nitrogens with two attached hydrogens (primary N) is 1. The van der Waals surface area contributed by atoms with E-state index in [1.165, 1.54) is 32.1 Å². The summed E-state index contributed by atoms with van der Waals surface area (Å²) in [7, 11) is 3.90. The first-order chi connectivity index (χ1) is 8.65. The highest BCUT2D eigenvalue weighted by molar-refractivity contribution is 4.94.